The molecule has 0 saturated heterocycles. The monoisotopic (exact) mass is 441 g/mol. The van der Waals surface area contributed by atoms with Crippen molar-refractivity contribution in [3.63, 3.8) is 0 Å². The predicted octanol–water partition coefficient (Wildman–Crippen LogP) is 5.16. The van der Waals surface area contributed by atoms with Crippen molar-refractivity contribution < 1.29 is 31.1 Å². The molecule has 0 aromatic heterocycles. The van der Waals surface area contributed by atoms with Gasteiger partial charge in [-0.2, -0.15) is 13.2 Å². The van der Waals surface area contributed by atoms with Gasteiger partial charge in [0.1, 0.15) is 11.5 Å². The van der Waals surface area contributed by atoms with E-state index in [-0.39, 0.29) is 33.0 Å². The molecule has 0 aliphatic rings. The smallest absolute Gasteiger partial charge is 0.416 e. The molecule has 0 unspecified atom stereocenters. The summed E-state index contributed by atoms with van der Waals surface area (Å²) in [6.07, 6.45) is -3.66. The number of methoxy groups -OCH3 is 1. The number of benzene rings is 2. The fourth-order valence-corrected chi connectivity index (χ4v) is 2.86. The first-order valence-electron chi connectivity index (χ1n) is 7.09. The number of alkyl halides is 3. The van der Waals surface area contributed by atoms with Crippen molar-refractivity contribution in [2.75, 3.05) is 13.4 Å². The van der Waals surface area contributed by atoms with Gasteiger partial charge in [-0.1, -0.05) is 23.2 Å². The Labute approximate surface area is 163 Å². The highest BCUT2D eigenvalue weighted by molar-refractivity contribution is 7.89. The maximum Gasteiger partial charge on any atom is 0.416 e. The molecule has 27 heavy (non-hydrogen) atoms. The third-order valence-corrected chi connectivity index (χ3v) is 4.22. The van der Waals surface area contributed by atoms with Gasteiger partial charge in [-0.05, 0) is 36.4 Å². The summed E-state index contributed by atoms with van der Waals surface area (Å²) >= 11 is 11.9. The Kier molecular flexibility index (Phi) is 6.28. The maximum absolute atomic E-state index is 12.7. The molecule has 0 bridgehead atoms. The molecule has 0 N–H and O–H groups in total. The van der Waals surface area contributed by atoms with Crippen LogP contribution in [-0.4, -0.2) is 27.7 Å². The molecule has 0 saturated carbocycles. The lowest BCUT2D eigenvalue weighted by Crippen LogP contribution is -2.08. The molecule has 2 rings (SSSR count). The van der Waals surface area contributed by atoms with E-state index in [1.54, 1.807) is 0 Å². The van der Waals surface area contributed by atoms with Crippen molar-refractivity contribution in [1.29, 1.82) is 0 Å². The first-order valence-corrected chi connectivity index (χ1v) is 9.69. The van der Waals surface area contributed by atoms with E-state index in [9.17, 15) is 21.6 Å². The molecule has 0 amide bonds. The van der Waals surface area contributed by atoms with Crippen LogP contribution in [0.1, 0.15) is 11.1 Å². The quantitative estimate of drug-likeness (QED) is 0.485. The van der Waals surface area contributed by atoms with Gasteiger partial charge in [0.2, 0.25) is 5.90 Å². The number of ether oxygens (including phenoxy) is 2. The van der Waals surface area contributed by atoms with Gasteiger partial charge in [-0.3, -0.25) is 0 Å². The van der Waals surface area contributed by atoms with Gasteiger partial charge >= 0.3 is 6.18 Å². The van der Waals surface area contributed by atoms with E-state index in [0.29, 0.717) is 0 Å². The molecule has 0 atom stereocenters. The van der Waals surface area contributed by atoms with E-state index in [4.69, 9.17) is 32.7 Å². The summed E-state index contributed by atoms with van der Waals surface area (Å²) in [7, 11) is -2.55. The van der Waals surface area contributed by atoms with Crippen LogP contribution in [0.3, 0.4) is 0 Å². The Morgan fingerprint density at radius 1 is 1.07 bits per heavy atom. The average Bonchev–Trinajstić information content (AvgIpc) is 2.54. The molecule has 0 heterocycles. The molecular weight excluding hydrogens is 430 g/mol. The lowest BCUT2D eigenvalue weighted by atomic mass is 10.2. The summed E-state index contributed by atoms with van der Waals surface area (Å²) < 4.78 is 74.7. The summed E-state index contributed by atoms with van der Waals surface area (Å²) in [4.78, 5) is 0. The first-order chi connectivity index (χ1) is 12.4. The SMILES string of the molecule is COC(=NS(C)(=O)=O)c1cc(Oc2ccc(C(F)(F)F)cc2Cl)ccc1Cl. The van der Waals surface area contributed by atoms with Crippen LogP contribution >= 0.6 is 23.2 Å². The standard InChI is InChI=1S/C16H12Cl2F3NO4S/c1-25-15(22-27(2,23)24)11-8-10(4-5-12(11)17)26-14-6-3-9(7-13(14)18)16(19,20)21/h3-8H,1-2H3. The lowest BCUT2D eigenvalue weighted by molar-refractivity contribution is -0.137. The molecule has 146 valence electrons. The van der Waals surface area contributed by atoms with Crippen LogP contribution in [0.2, 0.25) is 10.0 Å². The van der Waals surface area contributed by atoms with Gasteiger partial charge in [0.15, 0.2) is 0 Å². The molecule has 0 aliphatic heterocycles. The zero-order chi connectivity index (χ0) is 20.4. The third-order valence-electron chi connectivity index (χ3n) is 3.10. The average molecular weight is 442 g/mol. The zero-order valence-corrected chi connectivity index (χ0v) is 16.2. The topological polar surface area (TPSA) is 65.0 Å². The Hall–Kier alpha value is -1.97. The van der Waals surface area contributed by atoms with Gasteiger partial charge in [0.05, 0.1) is 34.5 Å². The van der Waals surface area contributed by atoms with E-state index in [1.165, 1.54) is 25.3 Å². The number of sulfonamides is 1. The van der Waals surface area contributed by atoms with E-state index < -0.39 is 21.8 Å². The van der Waals surface area contributed by atoms with E-state index in [2.05, 4.69) is 4.40 Å². The fourth-order valence-electron chi connectivity index (χ4n) is 1.97. The molecule has 2 aromatic carbocycles. The van der Waals surface area contributed by atoms with Crippen molar-refractivity contribution in [2.45, 2.75) is 6.18 Å². The minimum Gasteiger partial charge on any atom is -0.480 e. The highest BCUT2D eigenvalue weighted by atomic mass is 35.5. The molecular formula is C16H12Cl2F3NO4S. The number of hydrogen-bond acceptors (Lipinski definition) is 4. The molecule has 5 nitrogen and oxygen atoms in total. The second kappa shape index (κ2) is 7.95. The molecule has 11 heteroatoms. The molecule has 0 fully saturated rings. The van der Waals surface area contributed by atoms with Crippen molar-refractivity contribution in [2.24, 2.45) is 4.40 Å². The summed E-state index contributed by atoms with van der Waals surface area (Å²) in [5, 5.41) is -0.122. The molecule has 0 spiro atoms. The van der Waals surface area contributed by atoms with Crippen molar-refractivity contribution >= 4 is 39.1 Å². The number of halogens is 5. The summed E-state index contributed by atoms with van der Waals surface area (Å²) in [5.74, 6) is -0.169. The lowest BCUT2D eigenvalue weighted by Gasteiger charge is -2.13. The second-order valence-corrected chi connectivity index (χ2v) is 7.68. The van der Waals surface area contributed by atoms with Crippen LogP contribution in [0.15, 0.2) is 40.8 Å². The second-order valence-electron chi connectivity index (χ2n) is 5.22. The largest absolute Gasteiger partial charge is 0.480 e. The van der Waals surface area contributed by atoms with E-state index in [0.717, 1.165) is 24.5 Å². The highest BCUT2D eigenvalue weighted by Gasteiger charge is 2.31. The summed E-state index contributed by atoms with van der Waals surface area (Å²) in [6.45, 7) is 0. The summed E-state index contributed by atoms with van der Waals surface area (Å²) in [6, 6.07) is 6.77. The van der Waals surface area contributed by atoms with Crippen LogP contribution in [0.5, 0.6) is 11.5 Å². The van der Waals surface area contributed by atoms with Gasteiger partial charge in [-0.15, -0.1) is 4.40 Å². The van der Waals surface area contributed by atoms with Crippen LogP contribution in [0.25, 0.3) is 0 Å². The zero-order valence-electron chi connectivity index (χ0n) is 13.8. The molecule has 0 radical (unpaired) electrons. The maximum atomic E-state index is 12.7. The Morgan fingerprint density at radius 3 is 2.26 bits per heavy atom. The Balaban J connectivity index is 2.41. The van der Waals surface area contributed by atoms with Crippen LogP contribution in [0, 0.1) is 0 Å². The number of nitrogens with zero attached hydrogens (tertiary/aromatic N) is 1. The minimum atomic E-state index is -4.54. The van der Waals surface area contributed by atoms with E-state index in [1.807, 2.05) is 0 Å². The predicted molar refractivity (Wildman–Crippen MR) is 96.4 cm³/mol. The van der Waals surface area contributed by atoms with Crippen molar-refractivity contribution in [1.82, 2.24) is 0 Å². The number of hydrogen-bond donors (Lipinski definition) is 0. The van der Waals surface area contributed by atoms with Gasteiger partial charge in [0, 0.05) is 0 Å². The fraction of sp³-hybridized carbons (Fsp3) is 0.188. The van der Waals surface area contributed by atoms with Gasteiger partial charge in [0.25, 0.3) is 10.0 Å². The Morgan fingerprint density at radius 2 is 1.74 bits per heavy atom. The van der Waals surface area contributed by atoms with Crippen molar-refractivity contribution in [3.8, 4) is 11.5 Å². The van der Waals surface area contributed by atoms with Gasteiger partial charge in [-0.25, -0.2) is 8.42 Å². The van der Waals surface area contributed by atoms with Gasteiger partial charge < -0.3 is 9.47 Å². The van der Waals surface area contributed by atoms with E-state index >= 15 is 0 Å². The highest BCUT2D eigenvalue weighted by Crippen LogP contribution is 2.37. The third kappa shape index (κ3) is 5.75. The number of rotatable bonds is 4. The Bertz CT molecular complexity index is 992. The molecule has 0 aliphatic carbocycles. The first kappa shape index (κ1) is 21.3. The van der Waals surface area contributed by atoms with Crippen LogP contribution in [-0.2, 0) is 20.9 Å². The van der Waals surface area contributed by atoms with Crippen LogP contribution in [0.4, 0.5) is 13.2 Å². The minimum absolute atomic E-state index is 0.0306. The van der Waals surface area contributed by atoms with Crippen LogP contribution < -0.4 is 4.74 Å². The van der Waals surface area contributed by atoms with Crippen molar-refractivity contribution in [3.05, 3.63) is 57.6 Å². The molecule has 2 aromatic rings. The summed E-state index contributed by atoms with van der Waals surface area (Å²) in [5.41, 5.74) is -0.802. The normalized spacial score (nSPS) is 12.8.